The molecule has 1 heterocycles. The minimum atomic E-state index is -0.276. The molecule has 0 unspecified atom stereocenters. The zero-order valence-electron chi connectivity index (χ0n) is 8.75. The van der Waals surface area contributed by atoms with E-state index >= 15 is 0 Å². The van der Waals surface area contributed by atoms with E-state index in [1.165, 1.54) is 0 Å². The predicted octanol–water partition coefficient (Wildman–Crippen LogP) is 5.14. The Hall–Kier alpha value is -0.420. The van der Waals surface area contributed by atoms with Gasteiger partial charge in [-0.25, -0.2) is 0 Å². The van der Waals surface area contributed by atoms with E-state index < -0.39 is 0 Å². The van der Waals surface area contributed by atoms with Gasteiger partial charge in [0.15, 0.2) is 0 Å². The maximum atomic E-state index is 12.3. The van der Waals surface area contributed by atoms with Gasteiger partial charge in [0.2, 0.25) is 5.78 Å². The molecule has 0 radical (unpaired) electrons. The minimum Gasteiger partial charge on any atom is -0.287 e. The van der Waals surface area contributed by atoms with Crippen LogP contribution in [-0.4, -0.2) is 10.8 Å². The zero-order valence-corrected chi connectivity index (χ0v) is 13.4. The Balaban J connectivity index is 2.51. The third-order valence-corrected chi connectivity index (χ3v) is 4.08. The van der Waals surface area contributed by atoms with Gasteiger partial charge in [0.1, 0.15) is 5.69 Å². The van der Waals surface area contributed by atoms with Crippen LogP contribution < -0.4 is 0 Å². The van der Waals surface area contributed by atoms with Crippen molar-refractivity contribution < 1.29 is 4.79 Å². The number of benzene rings is 1. The Morgan fingerprint density at radius 3 is 2.61 bits per heavy atom. The van der Waals surface area contributed by atoms with E-state index in [1.807, 2.05) is 0 Å². The number of aromatic nitrogens is 1. The highest BCUT2D eigenvalue weighted by atomic mass is 79.9. The first-order chi connectivity index (χ1) is 8.50. The second kappa shape index (κ2) is 5.70. The number of rotatable bonds is 2. The van der Waals surface area contributed by atoms with Crippen LogP contribution in [0.2, 0.25) is 10.0 Å². The molecule has 2 nitrogen and oxygen atoms in total. The second-order valence-corrected chi connectivity index (χ2v) is 5.97. The van der Waals surface area contributed by atoms with Gasteiger partial charge in [-0.3, -0.25) is 9.78 Å². The topological polar surface area (TPSA) is 30.0 Å². The molecule has 0 amide bonds. The standard InChI is InChI=1S/C12H5Br2Cl2NO/c13-6-4-8(14)11(17-5-6)12(18)7-2-1-3-9(15)10(7)16/h1-5H. The molecule has 92 valence electrons. The lowest BCUT2D eigenvalue weighted by molar-refractivity contribution is 0.103. The van der Waals surface area contributed by atoms with Gasteiger partial charge in [0.25, 0.3) is 0 Å². The fraction of sp³-hybridized carbons (Fsp3) is 0. The first-order valence-corrected chi connectivity index (χ1v) is 7.14. The molecule has 0 aliphatic heterocycles. The summed E-state index contributed by atoms with van der Waals surface area (Å²) in [6.07, 6.45) is 1.55. The SMILES string of the molecule is O=C(c1cccc(Cl)c1Cl)c1ncc(Br)cc1Br. The summed E-state index contributed by atoms with van der Waals surface area (Å²) in [7, 11) is 0. The third kappa shape index (κ3) is 2.77. The zero-order chi connectivity index (χ0) is 13.3. The highest BCUT2D eigenvalue weighted by Crippen LogP contribution is 2.29. The van der Waals surface area contributed by atoms with E-state index in [0.29, 0.717) is 20.8 Å². The summed E-state index contributed by atoms with van der Waals surface area (Å²) in [6.45, 7) is 0. The summed E-state index contributed by atoms with van der Waals surface area (Å²) in [5.74, 6) is -0.276. The van der Waals surface area contributed by atoms with Gasteiger partial charge in [-0.15, -0.1) is 0 Å². The number of carbonyl (C=O) groups is 1. The van der Waals surface area contributed by atoms with Crippen LogP contribution in [0.25, 0.3) is 0 Å². The van der Waals surface area contributed by atoms with Crippen molar-refractivity contribution in [3.05, 3.63) is 60.7 Å². The molecule has 0 bridgehead atoms. The van der Waals surface area contributed by atoms with E-state index in [1.54, 1.807) is 30.5 Å². The smallest absolute Gasteiger partial charge is 0.214 e. The highest BCUT2D eigenvalue weighted by molar-refractivity contribution is 9.11. The molecular weight excluding hydrogens is 405 g/mol. The van der Waals surface area contributed by atoms with Crippen LogP contribution in [0.4, 0.5) is 0 Å². The molecule has 0 saturated heterocycles. The normalized spacial score (nSPS) is 10.4. The van der Waals surface area contributed by atoms with Crippen molar-refractivity contribution >= 4 is 60.8 Å². The van der Waals surface area contributed by atoms with Crippen molar-refractivity contribution in [3.8, 4) is 0 Å². The molecule has 1 aromatic carbocycles. The fourth-order valence-corrected chi connectivity index (χ4v) is 2.94. The molecule has 0 fully saturated rings. The van der Waals surface area contributed by atoms with Crippen LogP contribution in [0.1, 0.15) is 16.1 Å². The van der Waals surface area contributed by atoms with Gasteiger partial charge >= 0.3 is 0 Å². The van der Waals surface area contributed by atoms with Crippen molar-refractivity contribution in [1.29, 1.82) is 0 Å². The van der Waals surface area contributed by atoms with Crippen LogP contribution in [-0.2, 0) is 0 Å². The lowest BCUT2D eigenvalue weighted by atomic mass is 10.1. The monoisotopic (exact) mass is 407 g/mol. The number of carbonyl (C=O) groups excluding carboxylic acids is 1. The average Bonchev–Trinajstić information content (AvgIpc) is 2.32. The summed E-state index contributed by atoms with van der Waals surface area (Å²) in [5, 5.41) is 0.580. The van der Waals surface area contributed by atoms with E-state index in [2.05, 4.69) is 36.8 Å². The Labute approximate surface area is 131 Å². The Morgan fingerprint density at radius 1 is 1.22 bits per heavy atom. The lowest BCUT2D eigenvalue weighted by Gasteiger charge is -2.06. The number of pyridine rings is 1. The molecular formula is C12H5Br2Cl2NO. The molecule has 0 aliphatic carbocycles. The van der Waals surface area contributed by atoms with Crippen LogP contribution in [0.15, 0.2) is 39.4 Å². The largest absolute Gasteiger partial charge is 0.287 e. The Kier molecular flexibility index (Phi) is 4.43. The predicted molar refractivity (Wildman–Crippen MR) is 79.5 cm³/mol. The molecule has 0 atom stereocenters. The van der Waals surface area contributed by atoms with Gasteiger partial charge in [0.05, 0.1) is 10.0 Å². The summed E-state index contributed by atoms with van der Waals surface area (Å²) < 4.78 is 1.38. The average molecular weight is 410 g/mol. The molecule has 2 rings (SSSR count). The van der Waals surface area contributed by atoms with Gasteiger partial charge in [-0.05, 0) is 50.1 Å². The van der Waals surface area contributed by atoms with E-state index in [9.17, 15) is 4.79 Å². The molecule has 1 aromatic heterocycles. The third-order valence-electron chi connectivity index (χ3n) is 2.22. The maximum absolute atomic E-state index is 12.3. The van der Waals surface area contributed by atoms with Crippen molar-refractivity contribution in [2.24, 2.45) is 0 Å². The van der Waals surface area contributed by atoms with Crippen molar-refractivity contribution in [3.63, 3.8) is 0 Å². The van der Waals surface area contributed by atoms with Crippen molar-refractivity contribution in [2.75, 3.05) is 0 Å². The number of hydrogen-bond acceptors (Lipinski definition) is 2. The first-order valence-electron chi connectivity index (χ1n) is 4.80. The molecule has 18 heavy (non-hydrogen) atoms. The number of ketones is 1. The number of hydrogen-bond donors (Lipinski definition) is 0. The summed E-state index contributed by atoms with van der Waals surface area (Å²) in [6, 6.07) is 6.67. The molecule has 6 heteroatoms. The Bertz CT molecular complexity index is 631. The van der Waals surface area contributed by atoms with Crippen molar-refractivity contribution in [1.82, 2.24) is 4.98 Å². The quantitative estimate of drug-likeness (QED) is 0.642. The second-order valence-electron chi connectivity index (χ2n) is 3.41. The molecule has 2 aromatic rings. The van der Waals surface area contributed by atoms with E-state index in [-0.39, 0.29) is 10.8 Å². The fourth-order valence-electron chi connectivity index (χ4n) is 1.39. The van der Waals surface area contributed by atoms with Crippen LogP contribution in [0.5, 0.6) is 0 Å². The minimum absolute atomic E-state index is 0.237. The summed E-state index contributed by atoms with van der Waals surface area (Å²) in [4.78, 5) is 16.4. The van der Waals surface area contributed by atoms with E-state index in [4.69, 9.17) is 23.2 Å². The molecule has 0 spiro atoms. The molecule has 0 N–H and O–H groups in total. The summed E-state index contributed by atoms with van der Waals surface area (Å²) >= 11 is 18.5. The van der Waals surface area contributed by atoms with Crippen LogP contribution in [0, 0.1) is 0 Å². The Morgan fingerprint density at radius 2 is 1.94 bits per heavy atom. The molecule has 0 aliphatic rings. The van der Waals surface area contributed by atoms with E-state index in [0.717, 1.165) is 4.47 Å². The van der Waals surface area contributed by atoms with Gasteiger partial charge in [-0.2, -0.15) is 0 Å². The molecule has 0 saturated carbocycles. The first kappa shape index (κ1) is 14.0. The highest BCUT2D eigenvalue weighted by Gasteiger charge is 2.18. The van der Waals surface area contributed by atoms with Gasteiger partial charge in [-0.1, -0.05) is 29.3 Å². The van der Waals surface area contributed by atoms with Crippen molar-refractivity contribution in [2.45, 2.75) is 0 Å². The van der Waals surface area contributed by atoms with Gasteiger partial charge in [0, 0.05) is 20.7 Å². The van der Waals surface area contributed by atoms with Gasteiger partial charge < -0.3 is 0 Å². The number of nitrogens with zero attached hydrogens (tertiary/aromatic N) is 1. The lowest BCUT2D eigenvalue weighted by Crippen LogP contribution is -2.06. The van der Waals surface area contributed by atoms with Crippen LogP contribution >= 0.6 is 55.1 Å². The maximum Gasteiger partial charge on any atom is 0.214 e. The summed E-state index contributed by atoms with van der Waals surface area (Å²) in [5.41, 5.74) is 0.627. The number of halogens is 4. The van der Waals surface area contributed by atoms with Crippen LogP contribution in [0.3, 0.4) is 0 Å².